The normalized spacial score (nSPS) is 26.8. The zero-order valence-electron chi connectivity index (χ0n) is 10.4. The van der Waals surface area contributed by atoms with Gasteiger partial charge in [0, 0.05) is 0 Å². The Kier molecular flexibility index (Phi) is 7.54. The molecule has 2 atom stereocenters. The number of rotatable bonds is 7. The summed E-state index contributed by atoms with van der Waals surface area (Å²) in [4.78, 5) is 0. The quantitative estimate of drug-likeness (QED) is 0.670. The molecule has 0 aliphatic heterocycles. The van der Waals surface area contributed by atoms with E-state index in [1.54, 1.807) is 0 Å². The highest BCUT2D eigenvalue weighted by Crippen LogP contribution is 2.28. The van der Waals surface area contributed by atoms with E-state index in [0.29, 0.717) is 0 Å². The van der Waals surface area contributed by atoms with Crippen molar-refractivity contribution in [2.45, 2.75) is 46.0 Å². The zero-order chi connectivity index (χ0) is 10.9. The minimum atomic E-state index is 0.955. The lowest BCUT2D eigenvalue weighted by atomic mass is 9.80. The number of thioether (sulfide) groups is 1. The van der Waals surface area contributed by atoms with Crippen LogP contribution in [-0.2, 0) is 0 Å². The standard InChI is InChI=1S/C13H27NS/c1-3-15-10-6-9-14-11-13-8-5-4-7-12(13)2/h12-14H,3-11H2,1-2H3. The van der Waals surface area contributed by atoms with Gasteiger partial charge in [-0.2, -0.15) is 11.8 Å². The van der Waals surface area contributed by atoms with Crippen LogP contribution in [-0.4, -0.2) is 24.6 Å². The Labute approximate surface area is 99.8 Å². The second-order valence-corrected chi connectivity index (χ2v) is 6.17. The van der Waals surface area contributed by atoms with Crippen LogP contribution in [0.4, 0.5) is 0 Å². The molecular formula is C13H27NS. The molecule has 1 N–H and O–H groups in total. The van der Waals surface area contributed by atoms with Crippen molar-refractivity contribution in [3.63, 3.8) is 0 Å². The van der Waals surface area contributed by atoms with E-state index in [4.69, 9.17) is 0 Å². The van der Waals surface area contributed by atoms with Gasteiger partial charge in [0.15, 0.2) is 0 Å². The van der Waals surface area contributed by atoms with E-state index in [0.717, 1.165) is 11.8 Å². The molecule has 0 saturated heterocycles. The third kappa shape index (κ3) is 5.82. The Hall–Kier alpha value is 0.310. The molecule has 2 heteroatoms. The van der Waals surface area contributed by atoms with E-state index in [1.807, 2.05) is 0 Å². The Balaban J connectivity index is 1.94. The van der Waals surface area contributed by atoms with Gasteiger partial charge in [-0.3, -0.25) is 0 Å². The van der Waals surface area contributed by atoms with Crippen molar-refractivity contribution >= 4 is 11.8 Å². The van der Waals surface area contributed by atoms with Crippen LogP contribution in [0.1, 0.15) is 46.0 Å². The Bertz CT molecular complexity index is 149. The van der Waals surface area contributed by atoms with Gasteiger partial charge < -0.3 is 5.32 Å². The Morgan fingerprint density at radius 2 is 2.07 bits per heavy atom. The van der Waals surface area contributed by atoms with E-state index >= 15 is 0 Å². The fourth-order valence-corrected chi connectivity index (χ4v) is 3.06. The molecule has 0 heterocycles. The second-order valence-electron chi connectivity index (χ2n) is 4.78. The topological polar surface area (TPSA) is 12.0 Å². The number of hydrogen-bond donors (Lipinski definition) is 1. The van der Waals surface area contributed by atoms with Crippen LogP contribution < -0.4 is 5.32 Å². The summed E-state index contributed by atoms with van der Waals surface area (Å²) in [6, 6.07) is 0. The van der Waals surface area contributed by atoms with E-state index in [1.165, 1.54) is 56.7 Å². The molecule has 0 bridgehead atoms. The molecular weight excluding hydrogens is 202 g/mol. The first-order chi connectivity index (χ1) is 7.34. The maximum absolute atomic E-state index is 3.63. The molecule has 1 rings (SSSR count). The van der Waals surface area contributed by atoms with Crippen molar-refractivity contribution in [1.29, 1.82) is 0 Å². The van der Waals surface area contributed by atoms with Gasteiger partial charge >= 0.3 is 0 Å². The molecule has 15 heavy (non-hydrogen) atoms. The van der Waals surface area contributed by atoms with Gasteiger partial charge in [0.2, 0.25) is 0 Å². The lowest BCUT2D eigenvalue weighted by Gasteiger charge is -2.28. The molecule has 2 unspecified atom stereocenters. The van der Waals surface area contributed by atoms with Crippen molar-refractivity contribution in [2.24, 2.45) is 11.8 Å². The summed E-state index contributed by atoms with van der Waals surface area (Å²) in [5, 5.41) is 3.63. The average molecular weight is 229 g/mol. The van der Waals surface area contributed by atoms with Gasteiger partial charge in [-0.1, -0.05) is 33.1 Å². The van der Waals surface area contributed by atoms with E-state index < -0.39 is 0 Å². The predicted molar refractivity (Wildman–Crippen MR) is 71.6 cm³/mol. The van der Waals surface area contributed by atoms with Crippen LogP contribution in [0.25, 0.3) is 0 Å². The third-order valence-corrected chi connectivity index (χ3v) is 4.53. The lowest BCUT2D eigenvalue weighted by Crippen LogP contribution is -2.30. The van der Waals surface area contributed by atoms with Crippen LogP contribution in [0.5, 0.6) is 0 Å². The van der Waals surface area contributed by atoms with E-state index in [9.17, 15) is 0 Å². The Morgan fingerprint density at radius 3 is 2.80 bits per heavy atom. The molecule has 1 fully saturated rings. The summed E-state index contributed by atoms with van der Waals surface area (Å²) in [6.45, 7) is 7.15. The van der Waals surface area contributed by atoms with Gasteiger partial charge in [-0.05, 0) is 49.3 Å². The molecule has 0 aromatic heterocycles. The van der Waals surface area contributed by atoms with Gasteiger partial charge in [0.05, 0.1) is 0 Å². The minimum Gasteiger partial charge on any atom is -0.316 e. The van der Waals surface area contributed by atoms with Crippen LogP contribution in [0.3, 0.4) is 0 Å². The highest BCUT2D eigenvalue weighted by atomic mass is 32.2. The highest BCUT2D eigenvalue weighted by Gasteiger charge is 2.20. The molecule has 0 aromatic rings. The fourth-order valence-electron chi connectivity index (χ4n) is 2.43. The summed E-state index contributed by atoms with van der Waals surface area (Å²) < 4.78 is 0. The summed E-state index contributed by atoms with van der Waals surface area (Å²) in [5.74, 6) is 4.50. The smallest absolute Gasteiger partial charge is 0.00180 e. The molecule has 90 valence electrons. The molecule has 1 saturated carbocycles. The van der Waals surface area contributed by atoms with Crippen molar-refractivity contribution in [3.8, 4) is 0 Å². The second kappa shape index (κ2) is 8.46. The Morgan fingerprint density at radius 1 is 1.27 bits per heavy atom. The lowest BCUT2D eigenvalue weighted by molar-refractivity contribution is 0.248. The summed E-state index contributed by atoms with van der Waals surface area (Å²) in [5.41, 5.74) is 0. The van der Waals surface area contributed by atoms with Crippen molar-refractivity contribution < 1.29 is 0 Å². The van der Waals surface area contributed by atoms with Gasteiger partial charge in [0.1, 0.15) is 0 Å². The minimum absolute atomic E-state index is 0.955. The maximum atomic E-state index is 3.63. The van der Waals surface area contributed by atoms with Crippen molar-refractivity contribution in [2.75, 3.05) is 24.6 Å². The van der Waals surface area contributed by atoms with Crippen LogP contribution in [0, 0.1) is 11.8 Å². The predicted octanol–water partition coefficient (Wildman–Crippen LogP) is 3.55. The SMILES string of the molecule is CCSCCCNCC1CCCCC1C. The number of nitrogens with one attached hydrogen (secondary N) is 1. The first-order valence-corrected chi connectivity index (χ1v) is 7.78. The summed E-state index contributed by atoms with van der Waals surface area (Å²) >= 11 is 2.05. The average Bonchev–Trinajstić information content (AvgIpc) is 2.25. The van der Waals surface area contributed by atoms with Gasteiger partial charge in [-0.25, -0.2) is 0 Å². The number of hydrogen-bond acceptors (Lipinski definition) is 2. The van der Waals surface area contributed by atoms with Crippen LogP contribution in [0.15, 0.2) is 0 Å². The van der Waals surface area contributed by atoms with Crippen LogP contribution in [0.2, 0.25) is 0 Å². The zero-order valence-corrected chi connectivity index (χ0v) is 11.2. The first-order valence-electron chi connectivity index (χ1n) is 6.63. The van der Waals surface area contributed by atoms with Crippen molar-refractivity contribution in [3.05, 3.63) is 0 Å². The summed E-state index contributed by atoms with van der Waals surface area (Å²) in [7, 11) is 0. The molecule has 0 radical (unpaired) electrons. The molecule has 0 aromatic carbocycles. The van der Waals surface area contributed by atoms with Crippen LogP contribution >= 0.6 is 11.8 Å². The molecule has 1 aliphatic carbocycles. The first kappa shape index (κ1) is 13.4. The largest absolute Gasteiger partial charge is 0.316 e. The third-order valence-electron chi connectivity index (χ3n) is 3.54. The monoisotopic (exact) mass is 229 g/mol. The molecule has 1 nitrogen and oxygen atoms in total. The fraction of sp³-hybridized carbons (Fsp3) is 1.00. The molecule has 0 spiro atoms. The van der Waals surface area contributed by atoms with Crippen molar-refractivity contribution in [1.82, 2.24) is 5.32 Å². The highest BCUT2D eigenvalue weighted by molar-refractivity contribution is 7.99. The van der Waals surface area contributed by atoms with E-state index in [2.05, 4.69) is 30.9 Å². The molecule has 1 aliphatic rings. The van der Waals surface area contributed by atoms with Gasteiger partial charge in [0.25, 0.3) is 0 Å². The summed E-state index contributed by atoms with van der Waals surface area (Å²) in [6.07, 6.45) is 7.17. The van der Waals surface area contributed by atoms with Gasteiger partial charge in [-0.15, -0.1) is 0 Å². The maximum Gasteiger partial charge on any atom is -0.00180 e. The molecule has 0 amide bonds. The van der Waals surface area contributed by atoms with E-state index in [-0.39, 0.29) is 0 Å².